The van der Waals surface area contributed by atoms with Gasteiger partial charge in [-0.1, -0.05) is 25.5 Å². The minimum atomic E-state index is 0.0731. The maximum Gasteiger partial charge on any atom is 0.318 e. The number of hydrogen-bond donors (Lipinski definition) is 1. The average molecular weight is 385 g/mol. The van der Waals surface area contributed by atoms with Crippen molar-refractivity contribution in [3.8, 4) is 5.75 Å². The number of carbonyl (C=O) groups excluding carboxylic acids is 1. The molecule has 4 aliphatic rings. The van der Waals surface area contributed by atoms with Gasteiger partial charge in [0.25, 0.3) is 0 Å². The summed E-state index contributed by atoms with van der Waals surface area (Å²) in [5.74, 6) is 3.40. The van der Waals surface area contributed by atoms with E-state index in [1.165, 1.54) is 44.1 Å². The SMILES string of the molecule is CCCCNC(=O)N(Cc1ccc(OCC)cc1)C12CC3CC(CC(C3)C1)C2. The number of nitrogens with one attached hydrogen (secondary N) is 1. The molecule has 0 heterocycles. The van der Waals surface area contributed by atoms with Gasteiger partial charge in [-0.2, -0.15) is 0 Å². The first kappa shape index (κ1) is 19.6. The molecule has 1 aromatic carbocycles. The lowest BCUT2D eigenvalue weighted by molar-refractivity contribution is -0.0731. The van der Waals surface area contributed by atoms with E-state index in [2.05, 4.69) is 29.3 Å². The van der Waals surface area contributed by atoms with Crippen molar-refractivity contribution >= 4 is 6.03 Å². The Labute approximate surface area is 170 Å². The number of carbonyl (C=O) groups is 1. The van der Waals surface area contributed by atoms with Crippen LogP contribution in [0.2, 0.25) is 0 Å². The van der Waals surface area contributed by atoms with Crippen LogP contribution in [-0.4, -0.2) is 29.6 Å². The van der Waals surface area contributed by atoms with Gasteiger partial charge in [0, 0.05) is 18.6 Å². The van der Waals surface area contributed by atoms with Crippen molar-refractivity contribution in [1.29, 1.82) is 0 Å². The molecular formula is C24H36N2O2. The Hall–Kier alpha value is -1.71. The number of ether oxygens (including phenoxy) is 1. The first-order valence-corrected chi connectivity index (χ1v) is 11.4. The molecular weight excluding hydrogens is 348 g/mol. The molecule has 1 N–H and O–H groups in total. The van der Waals surface area contributed by atoms with Crippen LogP contribution >= 0.6 is 0 Å². The summed E-state index contributed by atoms with van der Waals surface area (Å²) in [5.41, 5.74) is 1.27. The minimum absolute atomic E-state index is 0.0731. The van der Waals surface area contributed by atoms with Crippen LogP contribution < -0.4 is 10.1 Å². The van der Waals surface area contributed by atoms with E-state index in [0.717, 1.165) is 42.9 Å². The molecule has 2 amide bonds. The smallest absolute Gasteiger partial charge is 0.318 e. The first-order chi connectivity index (χ1) is 13.6. The molecule has 4 nitrogen and oxygen atoms in total. The molecule has 28 heavy (non-hydrogen) atoms. The summed E-state index contributed by atoms with van der Waals surface area (Å²) in [7, 11) is 0. The van der Waals surface area contributed by atoms with Gasteiger partial charge < -0.3 is 15.0 Å². The number of hydrogen-bond acceptors (Lipinski definition) is 2. The summed E-state index contributed by atoms with van der Waals surface area (Å²) in [4.78, 5) is 15.5. The van der Waals surface area contributed by atoms with Crippen LogP contribution in [0, 0.1) is 17.8 Å². The summed E-state index contributed by atoms with van der Waals surface area (Å²) in [5, 5.41) is 3.22. The predicted octanol–water partition coefficient (Wildman–Crippen LogP) is 5.37. The van der Waals surface area contributed by atoms with E-state index in [1.54, 1.807) is 0 Å². The zero-order chi connectivity index (χ0) is 19.6. The number of urea groups is 1. The van der Waals surface area contributed by atoms with Crippen molar-refractivity contribution < 1.29 is 9.53 Å². The Bertz CT molecular complexity index is 634. The molecule has 0 saturated heterocycles. The van der Waals surface area contributed by atoms with E-state index in [1.807, 2.05) is 19.1 Å². The largest absolute Gasteiger partial charge is 0.494 e. The molecule has 0 spiro atoms. The molecule has 154 valence electrons. The van der Waals surface area contributed by atoms with Crippen LogP contribution in [0.5, 0.6) is 5.75 Å². The summed E-state index contributed by atoms with van der Waals surface area (Å²) in [6.45, 7) is 6.34. The molecule has 4 heteroatoms. The van der Waals surface area contributed by atoms with Gasteiger partial charge in [0.05, 0.1) is 6.61 Å². The molecule has 1 aromatic rings. The van der Waals surface area contributed by atoms with Gasteiger partial charge in [-0.05, 0) is 87.3 Å². The van der Waals surface area contributed by atoms with E-state index in [4.69, 9.17) is 4.74 Å². The lowest BCUT2D eigenvalue weighted by Crippen LogP contribution is -2.62. The molecule has 0 aliphatic heterocycles. The molecule has 4 aliphatic carbocycles. The molecule has 0 radical (unpaired) electrons. The second-order valence-corrected chi connectivity index (χ2v) is 9.39. The summed E-state index contributed by atoms with van der Waals surface area (Å²) >= 11 is 0. The zero-order valence-electron chi connectivity index (χ0n) is 17.6. The highest BCUT2D eigenvalue weighted by Gasteiger charge is 2.54. The van der Waals surface area contributed by atoms with E-state index < -0.39 is 0 Å². The third-order valence-corrected chi connectivity index (χ3v) is 7.21. The lowest BCUT2D eigenvalue weighted by Gasteiger charge is -2.60. The lowest BCUT2D eigenvalue weighted by atomic mass is 9.52. The quantitative estimate of drug-likeness (QED) is 0.613. The van der Waals surface area contributed by atoms with Crippen LogP contribution in [0.1, 0.15) is 70.8 Å². The third kappa shape index (κ3) is 4.01. The summed E-state index contributed by atoms with van der Waals surface area (Å²) < 4.78 is 5.59. The molecule has 5 rings (SSSR count). The van der Waals surface area contributed by atoms with Crippen LogP contribution in [0.3, 0.4) is 0 Å². The predicted molar refractivity (Wildman–Crippen MR) is 112 cm³/mol. The zero-order valence-corrected chi connectivity index (χ0v) is 17.6. The number of amides is 2. The molecule has 4 saturated carbocycles. The van der Waals surface area contributed by atoms with Crippen molar-refractivity contribution in [2.24, 2.45) is 17.8 Å². The Kier molecular flexibility index (Phi) is 5.84. The fourth-order valence-corrected chi connectivity index (χ4v) is 6.36. The van der Waals surface area contributed by atoms with Gasteiger partial charge in [0.1, 0.15) is 5.75 Å². The molecule has 4 bridgehead atoms. The highest BCUT2D eigenvalue weighted by atomic mass is 16.5. The van der Waals surface area contributed by atoms with Gasteiger partial charge in [0.15, 0.2) is 0 Å². The van der Waals surface area contributed by atoms with Crippen molar-refractivity contribution in [1.82, 2.24) is 10.2 Å². The highest BCUT2D eigenvalue weighted by molar-refractivity contribution is 5.75. The Balaban J connectivity index is 1.54. The monoisotopic (exact) mass is 384 g/mol. The van der Waals surface area contributed by atoms with E-state index >= 15 is 0 Å². The van der Waals surface area contributed by atoms with Crippen LogP contribution in [0.15, 0.2) is 24.3 Å². The van der Waals surface area contributed by atoms with Crippen molar-refractivity contribution in [3.05, 3.63) is 29.8 Å². The summed E-state index contributed by atoms with van der Waals surface area (Å²) in [6.07, 6.45) is 9.96. The number of benzene rings is 1. The second-order valence-electron chi connectivity index (χ2n) is 9.39. The number of nitrogens with zero attached hydrogens (tertiary/aromatic N) is 1. The van der Waals surface area contributed by atoms with Crippen LogP contribution in [0.4, 0.5) is 4.79 Å². The first-order valence-electron chi connectivity index (χ1n) is 11.4. The van der Waals surface area contributed by atoms with E-state index in [-0.39, 0.29) is 11.6 Å². The molecule has 0 aromatic heterocycles. The van der Waals surface area contributed by atoms with E-state index in [0.29, 0.717) is 13.2 Å². The number of rotatable bonds is 8. The molecule has 4 fully saturated rings. The van der Waals surface area contributed by atoms with Crippen molar-refractivity contribution in [3.63, 3.8) is 0 Å². The topological polar surface area (TPSA) is 41.6 Å². The Morgan fingerprint density at radius 2 is 1.68 bits per heavy atom. The van der Waals surface area contributed by atoms with Gasteiger partial charge in [-0.3, -0.25) is 0 Å². The standard InChI is InChI=1S/C24H36N2O2/c1-3-5-10-25-23(27)26(17-18-6-8-22(9-7-18)28-4-2)24-14-19-11-20(15-24)13-21(12-19)16-24/h6-9,19-21H,3-5,10-17H2,1-2H3,(H,25,27). The maximum atomic E-state index is 13.3. The molecule has 0 atom stereocenters. The average Bonchev–Trinajstić information content (AvgIpc) is 2.66. The van der Waals surface area contributed by atoms with Gasteiger partial charge in [-0.25, -0.2) is 4.79 Å². The summed E-state index contributed by atoms with van der Waals surface area (Å²) in [6, 6.07) is 8.46. The third-order valence-electron chi connectivity index (χ3n) is 7.21. The van der Waals surface area contributed by atoms with Gasteiger partial charge >= 0.3 is 6.03 Å². The second kappa shape index (κ2) is 8.34. The fourth-order valence-electron chi connectivity index (χ4n) is 6.36. The Morgan fingerprint density at radius 3 is 2.21 bits per heavy atom. The van der Waals surface area contributed by atoms with Crippen LogP contribution in [0.25, 0.3) is 0 Å². The molecule has 0 unspecified atom stereocenters. The van der Waals surface area contributed by atoms with Crippen LogP contribution in [-0.2, 0) is 6.54 Å². The van der Waals surface area contributed by atoms with Crippen molar-refractivity contribution in [2.45, 2.75) is 77.3 Å². The van der Waals surface area contributed by atoms with Gasteiger partial charge in [0.2, 0.25) is 0 Å². The normalized spacial score (nSPS) is 30.3. The van der Waals surface area contributed by atoms with Crippen molar-refractivity contribution in [2.75, 3.05) is 13.2 Å². The highest BCUT2D eigenvalue weighted by Crippen LogP contribution is 2.58. The van der Waals surface area contributed by atoms with E-state index in [9.17, 15) is 4.79 Å². The minimum Gasteiger partial charge on any atom is -0.494 e. The van der Waals surface area contributed by atoms with Gasteiger partial charge in [-0.15, -0.1) is 0 Å². The Morgan fingerprint density at radius 1 is 1.07 bits per heavy atom. The maximum absolute atomic E-state index is 13.3. The number of unbranched alkanes of at least 4 members (excludes halogenated alkanes) is 1. The fraction of sp³-hybridized carbons (Fsp3) is 0.708.